The minimum Gasteiger partial charge on any atom is -0.496 e. The zero-order chi connectivity index (χ0) is 16.1. The number of aromatic nitrogens is 2. The third-order valence-electron chi connectivity index (χ3n) is 4.45. The first-order chi connectivity index (χ1) is 11.3. The van der Waals surface area contributed by atoms with Crippen LogP contribution in [0.15, 0.2) is 30.5 Å². The molecule has 1 fully saturated rings. The topological polar surface area (TPSA) is 41.2 Å². The van der Waals surface area contributed by atoms with Crippen molar-refractivity contribution in [2.24, 2.45) is 0 Å². The van der Waals surface area contributed by atoms with Crippen molar-refractivity contribution in [2.75, 3.05) is 7.11 Å². The molecule has 1 saturated carbocycles. The summed E-state index contributed by atoms with van der Waals surface area (Å²) in [6.45, 7) is 4.08. The standard InChI is InChI=1S/C19H27N3O/c1-3-4-9-19-20-12-16(21-19)14-22(17-10-11-17)13-15-7-5-6-8-18(15)23-2/h5-8,12,17H,3-4,9-11,13-14H2,1-2H3,(H,20,21). The predicted octanol–water partition coefficient (Wildman–Crippen LogP) is 3.93. The Morgan fingerprint density at radius 1 is 1.26 bits per heavy atom. The number of hydrogen-bond donors (Lipinski definition) is 1. The molecule has 1 aromatic heterocycles. The maximum Gasteiger partial charge on any atom is 0.123 e. The van der Waals surface area contributed by atoms with Crippen LogP contribution in [0.25, 0.3) is 0 Å². The number of para-hydroxylation sites is 1. The summed E-state index contributed by atoms with van der Waals surface area (Å²) in [6, 6.07) is 9.01. The Kier molecular flexibility index (Phi) is 5.34. The van der Waals surface area contributed by atoms with Gasteiger partial charge in [0.15, 0.2) is 0 Å². The summed E-state index contributed by atoms with van der Waals surface area (Å²) in [5, 5.41) is 0. The fourth-order valence-electron chi connectivity index (χ4n) is 2.98. The van der Waals surface area contributed by atoms with E-state index in [0.717, 1.165) is 31.1 Å². The molecule has 1 aromatic carbocycles. The van der Waals surface area contributed by atoms with Crippen molar-refractivity contribution in [1.29, 1.82) is 0 Å². The average Bonchev–Trinajstić information content (AvgIpc) is 3.33. The molecular weight excluding hydrogens is 286 g/mol. The second kappa shape index (κ2) is 7.64. The van der Waals surface area contributed by atoms with Crippen LogP contribution in [0.3, 0.4) is 0 Å². The number of methoxy groups -OCH3 is 1. The minimum atomic E-state index is 0.697. The highest BCUT2D eigenvalue weighted by molar-refractivity contribution is 5.33. The normalized spacial score (nSPS) is 14.4. The molecule has 2 aromatic rings. The summed E-state index contributed by atoms with van der Waals surface area (Å²) < 4.78 is 5.50. The second-order valence-corrected chi connectivity index (χ2v) is 6.41. The number of imidazole rings is 1. The lowest BCUT2D eigenvalue weighted by molar-refractivity contribution is 0.239. The summed E-state index contributed by atoms with van der Waals surface area (Å²) >= 11 is 0. The third kappa shape index (κ3) is 4.35. The molecule has 23 heavy (non-hydrogen) atoms. The Bertz CT molecular complexity index is 619. The van der Waals surface area contributed by atoms with Gasteiger partial charge in [-0.15, -0.1) is 0 Å². The van der Waals surface area contributed by atoms with E-state index in [1.165, 1.54) is 36.9 Å². The lowest BCUT2D eigenvalue weighted by Crippen LogP contribution is -2.25. The zero-order valence-corrected chi connectivity index (χ0v) is 14.2. The number of hydrogen-bond acceptors (Lipinski definition) is 3. The molecule has 0 aliphatic heterocycles. The molecule has 1 aliphatic rings. The number of unbranched alkanes of at least 4 members (excludes halogenated alkanes) is 1. The summed E-state index contributed by atoms with van der Waals surface area (Å²) in [5.41, 5.74) is 2.48. The maximum atomic E-state index is 5.50. The van der Waals surface area contributed by atoms with Crippen LogP contribution in [0.1, 0.15) is 49.7 Å². The van der Waals surface area contributed by atoms with Gasteiger partial charge in [0.1, 0.15) is 11.6 Å². The van der Waals surface area contributed by atoms with Crippen LogP contribution in [-0.2, 0) is 19.5 Å². The molecule has 1 heterocycles. The Balaban J connectivity index is 1.66. The van der Waals surface area contributed by atoms with Gasteiger partial charge in [-0.05, 0) is 25.3 Å². The highest BCUT2D eigenvalue weighted by Gasteiger charge is 2.29. The van der Waals surface area contributed by atoms with Gasteiger partial charge >= 0.3 is 0 Å². The Morgan fingerprint density at radius 2 is 2.09 bits per heavy atom. The van der Waals surface area contributed by atoms with Gasteiger partial charge in [0.25, 0.3) is 0 Å². The van der Waals surface area contributed by atoms with Crippen molar-refractivity contribution in [3.05, 3.63) is 47.5 Å². The van der Waals surface area contributed by atoms with Gasteiger partial charge in [-0.25, -0.2) is 4.98 Å². The molecule has 4 nitrogen and oxygen atoms in total. The minimum absolute atomic E-state index is 0.697. The quantitative estimate of drug-likeness (QED) is 0.762. The average molecular weight is 313 g/mol. The highest BCUT2D eigenvalue weighted by Crippen LogP contribution is 2.31. The van der Waals surface area contributed by atoms with Gasteiger partial charge in [0.2, 0.25) is 0 Å². The molecule has 4 heteroatoms. The molecule has 0 unspecified atom stereocenters. The van der Waals surface area contributed by atoms with Crippen molar-refractivity contribution in [3.8, 4) is 5.75 Å². The van der Waals surface area contributed by atoms with Gasteiger partial charge in [-0.3, -0.25) is 4.90 Å². The summed E-state index contributed by atoms with van der Waals surface area (Å²) in [7, 11) is 1.75. The molecule has 3 rings (SSSR count). The summed E-state index contributed by atoms with van der Waals surface area (Å²) in [5.74, 6) is 2.10. The predicted molar refractivity (Wildman–Crippen MR) is 92.5 cm³/mol. The van der Waals surface area contributed by atoms with Gasteiger partial charge in [0, 0.05) is 43.0 Å². The molecule has 124 valence electrons. The van der Waals surface area contributed by atoms with E-state index < -0.39 is 0 Å². The third-order valence-corrected chi connectivity index (χ3v) is 4.45. The van der Waals surface area contributed by atoms with E-state index in [-0.39, 0.29) is 0 Å². The number of aryl methyl sites for hydroxylation is 1. The first-order valence-corrected chi connectivity index (χ1v) is 8.69. The van der Waals surface area contributed by atoms with Gasteiger partial charge in [-0.1, -0.05) is 31.5 Å². The van der Waals surface area contributed by atoms with E-state index in [9.17, 15) is 0 Å². The van der Waals surface area contributed by atoms with E-state index in [1.54, 1.807) is 7.11 Å². The van der Waals surface area contributed by atoms with Crippen molar-refractivity contribution in [1.82, 2.24) is 14.9 Å². The zero-order valence-electron chi connectivity index (χ0n) is 14.2. The van der Waals surface area contributed by atoms with Crippen molar-refractivity contribution >= 4 is 0 Å². The molecule has 0 radical (unpaired) electrons. The Labute approximate surface area is 138 Å². The van der Waals surface area contributed by atoms with Crippen LogP contribution < -0.4 is 4.74 Å². The van der Waals surface area contributed by atoms with Crippen LogP contribution >= 0.6 is 0 Å². The summed E-state index contributed by atoms with van der Waals surface area (Å²) in [4.78, 5) is 10.5. The van der Waals surface area contributed by atoms with Crippen molar-refractivity contribution in [3.63, 3.8) is 0 Å². The molecule has 0 spiro atoms. The van der Waals surface area contributed by atoms with Crippen molar-refractivity contribution < 1.29 is 4.74 Å². The van der Waals surface area contributed by atoms with Crippen LogP contribution in [0, 0.1) is 0 Å². The highest BCUT2D eigenvalue weighted by atomic mass is 16.5. The Hall–Kier alpha value is -1.81. The van der Waals surface area contributed by atoms with Crippen LogP contribution in [0.5, 0.6) is 5.75 Å². The number of benzene rings is 1. The molecule has 1 N–H and O–H groups in total. The van der Waals surface area contributed by atoms with Crippen LogP contribution in [0.4, 0.5) is 0 Å². The lowest BCUT2D eigenvalue weighted by atomic mass is 10.2. The van der Waals surface area contributed by atoms with E-state index in [0.29, 0.717) is 6.04 Å². The Morgan fingerprint density at radius 3 is 2.83 bits per heavy atom. The van der Waals surface area contributed by atoms with Gasteiger partial charge < -0.3 is 9.72 Å². The molecule has 0 bridgehead atoms. The van der Waals surface area contributed by atoms with Crippen molar-refractivity contribution in [2.45, 2.75) is 58.2 Å². The largest absolute Gasteiger partial charge is 0.496 e. The van der Waals surface area contributed by atoms with E-state index in [4.69, 9.17) is 4.74 Å². The number of ether oxygens (including phenoxy) is 1. The molecule has 0 amide bonds. The fourth-order valence-corrected chi connectivity index (χ4v) is 2.98. The van der Waals surface area contributed by atoms with Crippen LogP contribution in [-0.4, -0.2) is 28.0 Å². The fraction of sp³-hybridized carbons (Fsp3) is 0.526. The second-order valence-electron chi connectivity index (χ2n) is 6.41. The van der Waals surface area contributed by atoms with E-state index in [2.05, 4.69) is 33.9 Å². The first-order valence-electron chi connectivity index (χ1n) is 8.69. The lowest BCUT2D eigenvalue weighted by Gasteiger charge is -2.22. The molecular formula is C19H27N3O. The van der Waals surface area contributed by atoms with E-state index in [1.807, 2.05) is 18.3 Å². The number of rotatable bonds is 9. The SMILES string of the molecule is CCCCc1ncc(CN(Cc2ccccc2OC)C2CC2)[nH]1. The molecule has 1 aliphatic carbocycles. The van der Waals surface area contributed by atoms with Gasteiger partial charge in [0.05, 0.1) is 7.11 Å². The first kappa shape index (κ1) is 16.1. The smallest absolute Gasteiger partial charge is 0.123 e. The summed E-state index contributed by atoms with van der Waals surface area (Å²) in [6.07, 6.45) is 8.05. The van der Waals surface area contributed by atoms with E-state index >= 15 is 0 Å². The monoisotopic (exact) mass is 313 g/mol. The number of nitrogens with one attached hydrogen (secondary N) is 1. The number of aromatic amines is 1. The van der Waals surface area contributed by atoms with Gasteiger partial charge in [-0.2, -0.15) is 0 Å². The maximum absolute atomic E-state index is 5.50. The van der Waals surface area contributed by atoms with Crippen LogP contribution in [0.2, 0.25) is 0 Å². The molecule has 0 atom stereocenters. The number of nitrogens with zero attached hydrogens (tertiary/aromatic N) is 2. The molecule has 0 saturated heterocycles. The number of H-pyrrole nitrogens is 1.